The van der Waals surface area contributed by atoms with Gasteiger partial charge in [0.15, 0.2) is 18.2 Å². The Hall–Kier alpha value is -2.18. The molecule has 2 N–H and O–H groups in total. The molecule has 0 bridgehead atoms. The minimum Gasteiger partial charge on any atom is -0.481 e. The quantitative estimate of drug-likeness (QED) is 0.771. The standard InChI is InChI=1S/C14H17F2NO4/c1-2-3-4-11(14(19)20)17-13(18)8-21-12-6-5-9(15)7-10(12)16/h5-7,11H,2-4,8H2,1H3,(H,17,18)(H,19,20). The highest BCUT2D eigenvalue weighted by Gasteiger charge is 2.19. The summed E-state index contributed by atoms with van der Waals surface area (Å²) in [6.07, 6.45) is 1.77. The number of carbonyl (C=O) groups is 2. The molecule has 116 valence electrons. The van der Waals surface area contributed by atoms with E-state index in [-0.39, 0.29) is 5.75 Å². The second-order valence-corrected chi connectivity index (χ2v) is 4.46. The highest BCUT2D eigenvalue weighted by atomic mass is 19.1. The Morgan fingerprint density at radius 1 is 1.38 bits per heavy atom. The monoisotopic (exact) mass is 301 g/mol. The average molecular weight is 301 g/mol. The van der Waals surface area contributed by atoms with Crippen LogP contribution >= 0.6 is 0 Å². The van der Waals surface area contributed by atoms with Gasteiger partial charge in [0.2, 0.25) is 0 Å². The van der Waals surface area contributed by atoms with E-state index in [4.69, 9.17) is 9.84 Å². The number of rotatable bonds is 8. The fraction of sp³-hybridized carbons (Fsp3) is 0.429. The van der Waals surface area contributed by atoms with Gasteiger partial charge in [0, 0.05) is 6.07 Å². The third kappa shape index (κ3) is 5.76. The first-order valence-electron chi connectivity index (χ1n) is 6.54. The third-order valence-electron chi connectivity index (χ3n) is 2.73. The maximum absolute atomic E-state index is 13.3. The lowest BCUT2D eigenvalue weighted by molar-refractivity contribution is -0.142. The van der Waals surface area contributed by atoms with Gasteiger partial charge in [-0.1, -0.05) is 19.8 Å². The molecule has 1 unspecified atom stereocenters. The second-order valence-electron chi connectivity index (χ2n) is 4.46. The Labute approximate surface area is 120 Å². The highest BCUT2D eigenvalue weighted by molar-refractivity contribution is 5.84. The number of halogens is 2. The van der Waals surface area contributed by atoms with Crippen molar-refractivity contribution in [1.29, 1.82) is 0 Å². The molecule has 0 aliphatic heterocycles. The number of carboxylic acids is 1. The molecule has 0 heterocycles. The van der Waals surface area contributed by atoms with E-state index in [9.17, 15) is 18.4 Å². The summed E-state index contributed by atoms with van der Waals surface area (Å²) in [7, 11) is 0. The summed E-state index contributed by atoms with van der Waals surface area (Å²) in [6, 6.07) is 1.69. The largest absolute Gasteiger partial charge is 0.481 e. The minimum atomic E-state index is -1.13. The van der Waals surface area contributed by atoms with Gasteiger partial charge in [0.05, 0.1) is 0 Å². The number of carboxylic acid groups (broad SMARTS) is 1. The first kappa shape index (κ1) is 16.9. The van der Waals surface area contributed by atoms with Crippen molar-refractivity contribution in [2.45, 2.75) is 32.2 Å². The van der Waals surface area contributed by atoms with Gasteiger partial charge in [-0.25, -0.2) is 13.6 Å². The number of ether oxygens (including phenoxy) is 1. The molecule has 21 heavy (non-hydrogen) atoms. The number of hydrogen-bond donors (Lipinski definition) is 2. The maximum Gasteiger partial charge on any atom is 0.326 e. The third-order valence-corrected chi connectivity index (χ3v) is 2.73. The number of benzene rings is 1. The van der Waals surface area contributed by atoms with Crippen molar-refractivity contribution in [2.75, 3.05) is 6.61 Å². The van der Waals surface area contributed by atoms with Crippen molar-refractivity contribution in [3.8, 4) is 5.75 Å². The molecule has 0 radical (unpaired) electrons. The Bertz CT molecular complexity index is 508. The lowest BCUT2D eigenvalue weighted by atomic mass is 10.1. The highest BCUT2D eigenvalue weighted by Crippen LogP contribution is 2.17. The number of unbranched alkanes of at least 4 members (excludes halogenated alkanes) is 1. The van der Waals surface area contributed by atoms with E-state index in [0.29, 0.717) is 18.9 Å². The molecule has 0 spiro atoms. The maximum atomic E-state index is 13.3. The molecular weight excluding hydrogens is 284 g/mol. The first-order valence-corrected chi connectivity index (χ1v) is 6.54. The van der Waals surface area contributed by atoms with E-state index in [1.54, 1.807) is 0 Å². The van der Waals surface area contributed by atoms with E-state index in [1.165, 1.54) is 0 Å². The van der Waals surface area contributed by atoms with Gasteiger partial charge in [-0.2, -0.15) is 0 Å². The zero-order chi connectivity index (χ0) is 15.8. The van der Waals surface area contributed by atoms with Crippen molar-refractivity contribution in [1.82, 2.24) is 5.32 Å². The summed E-state index contributed by atoms with van der Waals surface area (Å²) < 4.78 is 30.8. The molecule has 0 aromatic heterocycles. The van der Waals surface area contributed by atoms with Gasteiger partial charge in [-0.15, -0.1) is 0 Å². The molecule has 0 saturated carbocycles. The fourth-order valence-electron chi connectivity index (χ4n) is 1.64. The zero-order valence-corrected chi connectivity index (χ0v) is 11.6. The summed E-state index contributed by atoms with van der Waals surface area (Å²) >= 11 is 0. The average Bonchev–Trinajstić information content (AvgIpc) is 2.42. The molecule has 1 aromatic carbocycles. The van der Waals surface area contributed by atoms with E-state index in [2.05, 4.69) is 5.32 Å². The number of nitrogens with one attached hydrogen (secondary N) is 1. The van der Waals surface area contributed by atoms with Gasteiger partial charge in [-0.05, 0) is 18.6 Å². The molecule has 5 nitrogen and oxygen atoms in total. The van der Waals surface area contributed by atoms with Crippen LogP contribution < -0.4 is 10.1 Å². The Morgan fingerprint density at radius 2 is 2.10 bits per heavy atom. The smallest absolute Gasteiger partial charge is 0.326 e. The van der Waals surface area contributed by atoms with E-state index in [1.807, 2.05) is 6.92 Å². The SMILES string of the molecule is CCCCC(NC(=O)COc1ccc(F)cc1F)C(=O)O. The second kappa shape index (κ2) is 8.18. The molecule has 1 amide bonds. The molecule has 0 aliphatic carbocycles. The van der Waals surface area contributed by atoms with Crippen molar-refractivity contribution in [3.05, 3.63) is 29.8 Å². The van der Waals surface area contributed by atoms with Crippen LogP contribution in [0, 0.1) is 11.6 Å². The van der Waals surface area contributed by atoms with Crippen LogP contribution in [-0.4, -0.2) is 29.6 Å². The summed E-state index contributed by atoms with van der Waals surface area (Å²) in [5, 5.41) is 11.2. The van der Waals surface area contributed by atoms with Crippen molar-refractivity contribution in [2.24, 2.45) is 0 Å². The predicted octanol–water partition coefficient (Wildman–Crippen LogP) is 2.10. The van der Waals surface area contributed by atoms with Crippen LogP contribution in [0.3, 0.4) is 0 Å². The summed E-state index contributed by atoms with van der Waals surface area (Å²) in [5.41, 5.74) is 0. The van der Waals surface area contributed by atoms with Crippen LogP contribution in [0.4, 0.5) is 8.78 Å². The van der Waals surface area contributed by atoms with Gasteiger partial charge in [-0.3, -0.25) is 4.79 Å². The lowest BCUT2D eigenvalue weighted by Gasteiger charge is -2.14. The molecule has 7 heteroatoms. The van der Waals surface area contributed by atoms with Crippen LogP contribution in [0.5, 0.6) is 5.75 Å². The summed E-state index contributed by atoms with van der Waals surface area (Å²) in [6.45, 7) is 1.36. The Kier molecular flexibility index (Phi) is 6.58. The molecule has 1 aromatic rings. The number of carbonyl (C=O) groups excluding carboxylic acids is 1. The molecule has 1 rings (SSSR count). The van der Waals surface area contributed by atoms with Crippen LogP contribution in [0.15, 0.2) is 18.2 Å². The summed E-state index contributed by atoms with van der Waals surface area (Å²) in [5.74, 6) is -3.77. The molecule has 0 fully saturated rings. The zero-order valence-electron chi connectivity index (χ0n) is 11.6. The number of aliphatic carboxylic acids is 1. The minimum absolute atomic E-state index is 0.271. The van der Waals surface area contributed by atoms with E-state index in [0.717, 1.165) is 18.6 Å². The predicted molar refractivity (Wildman–Crippen MR) is 70.9 cm³/mol. The number of amides is 1. The van der Waals surface area contributed by atoms with Crippen molar-refractivity contribution in [3.63, 3.8) is 0 Å². The Morgan fingerprint density at radius 3 is 2.67 bits per heavy atom. The number of hydrogen-bond acceptors (Lipinski definition) is 3. The van der Waals surface area contributed by atoms with E-state index < -0.39 is 36.2 Å². The Balaban J connectivity index is 2.50. The molecule has 0 aliphatic rings. The first-order chi connectivity index (χ1) is 9.93. The lowest BCUT2D eigenvalue weighted by Crippen LogP contribution is -2.42. The van der Waals surface area contributed by atoms with Crippen molar-refractivity contribution < 1.29 is 28.2 Å². The van der Waals surface area contributed by atoms with Gasteiger partial charge in [0.25, 0.3) is 5.91 Å². The van der Waals surface area contributed by atoms with Gasteiger partial charge >= 0.3 is 5.97 Å². The molecule has 1 atom stereocenters. The molecule has 0 saturated heterocycles. The normalized spacial score (nSPS) is 11.8. The van der Waals surface area contributed by atoms with E-state index >= 15 is 0 Å². The summed E-state index contributed by atoms with van der Waals surface area (Å²) in [4.78, 5) is 22.5. The van der Waals surface area contributed by atoms with Crippen LogP contribution in [-0.2, 0) is 9.59 Å². The van der Waals surface area contributed by atoms with Gasteiger partial charge in [0.1, 0.15) is 11.9 Å². The van der Waals surface area contributed by atoms with Gasteiger partial charge < -0.3 is 15.2 Å². The van der Waals surface area contributed by atoms with Crippen LogP contribution in [0.25, 0.3) is 0 Å². The fourth-order valence-corrected chi connectivity index (χ4v) is 1.64. The molecular formula is C14H17F2NO4. The van der Waals surface area contributed by atoms with Crippen LogP contribution in [0.2, 0.25) is 0 Å². The topological polar surface area (TPSA) is 75.6 Å². The van der Waals surface area contributed by atoms with Crippen molar-refractivity contribution >= 4 is 11.9 Å². The van der Waals surface area contributed by atoms with Crippen LogP contribution in [0.1, 0.15) is 26.2 Å².